The normalized spacial score (nSPS) is 12.2. The van der Waals surface area contributed by atoms with Gasteiger partial charge in [-0.3, -0.25) is 10.1 Å². The van der Waals surface area contributed by atoms with Gasteiger partial charge in [0.1, 0.15) is 0 Å². The minimum Gasteiger partial charge on any atom is -0.454 e. The Labute approximate surface area is 163 Å². The molecule has 0 saturated heterocycles. The van der Waals surface area contributed by atoms with Crippen molar-refractivity contribution >= 4 is 45.7 Å². The SMILES string of the molecule is CSc1ccc(Cl)c(C(=O)Nc2nc(-c3ccc4c(c3)OCO4)cs2)c1. The summed E-state index contributed by atoms with van der Waals surface area (Å²) in [5.74, 6) is 1.14. The van der Waals surface area contributed by atoms with Crippen molar-refractivity contribution in [1.29, 1.82) is 0 Å². The minimum atomic E-state index is -0.280. The number of hydrogen-bond acceptors (Lipinski definition) is 6. The highest BCUT2D eigenvalue weighted by atomic mass is 35.5. The number of benzene rings is 2. The molecule has 8 heteroatoms. The lowest BCUT2D eigenvalue weighted by Gasteiger charge is -2.06. The fourth-order valence-corrected chi connectivity index (χ4v) is 3.85. The van der Waals surface area contributed by atoms with E-state index in [9.17, 15) is 4.79 Å². The second-order valence-corrected chi connectivity index (χ2v) is 7.55. The number of hydrogen-bond donors (Lipinski definition) is 1. The monoisotopic (exact) mass is 404 g/mol. The molecule has 0 unspecified atom stereocenters. The fraction of sp³-hybridized carbons (Fsp3) is 0.111. The Kier molecular flexibility index (Phi) is 4.76. The zero-order chi connectivity index (χ0) is 18.1. The van der Waals surface area contributed by atoms with Crippen LogP contribution >= 0.6 is 34.7 Å². The molecule has 0 aliphatic carbocycles. The molecular weight excluding hydrogens is 392 g/mol. The summed E-state index contributed by atoms with van der Waals surface area (Å²) in [6.07, 6.45) is 1.95. The molecular formula is C18H13ClN2O3S2. The summed E-state index contributed by atoms with van der Waals surface area (Å²) in [6, 6.07) is 11.0. The average Bonchev–Trinajstić information content (AvgIpc) is 3.30. The van der Waals surface area contributed by atoms with E-state index in [2.05, 4.69) is 10.3 Å². The summed E-state index contributed by atoms with van der Waals surface area (Å²) in [5, 5.41) is 5.61. The highest BCUT2D eigenvalue weighted by molar-refractivity contribution is 7.98. The second-order valence-electron chi connectivity index (χ2n) is 5.41. The Balaban J connectivity index is 1.54. The van der Waals surface area contributed by atoms with Gasteiger partial charge in [0.05, 0.1) is 16.3 Å². The summed E-state index contributed by atoms with van der Waals surface area (Å²) in [6.45, 7) is 0.229. The number of aromatic nitrogens is 1. The van der Waals surface area contributed by atoms with Crippen molar-refractivity contribution in [2.45, 2.75) is 4.90 Å². The summed E-state index contributed by atoms with van der Waals surface area (Å²) in [5.41, 5.74) is 2.08. The number of thiazole rings is 1. The first kappa shape index (κ1) is 17.2. The topological polar surface area (TPSA) is 60.5 Å². The second kappa shape index (κ2) is 7.19. The average molecular weight is 405 g/mol. The molecule has 5 nitrogen and oxygen atoms in total. The van der Waals surface area contributed by atoms with E-state index in [-0.39, 0.29) is 12.7 Å². The van der Waals surface area contributed by atoms with Crippen molar-refractivity contribution in [2.75, 3.05) is 18.4 Å². The molecule has 0 fully saturated rings. The fourth-order valence-electron chi connectivity index (χ4n) is 2.49. The van der Waals surface area contributed by atoms with Gasteiger partial charge in [0.2, 0.25) is 6.79 Å². The maximum absolute atomic E-state index is 12.5. The number of nitrogens with one attached hydrogen (secondary N) is 1. The number of carbonyl (C=O) groups is 1. The molecule has 1 amide bonds. The smallest absolute Gasteiger partial charge is 0.258 e. The molecule has 132 valence electrons. The number of amides is 1. The maximum Gasteiger partial charge on any atom is 0.258 e. The quantitative estimate of drug-likeness (QED) is 0.608. The van der Waals surface area contributed by atoms with E-state index in [0.717, 1.165) is 21.9 Å². The van der Waals surface area contributed by atoms with Crippen LogP contribution in [-0.4, -0.2) is 23.9 Å². The van der Waals surface area contributed by atoms with Crippen molar-refractivity contribution in [1.82, 2.24) is 4.98 Å². The van der Waals surface area contributed by atoms with E-state index >= 15 is 0 Å². The number of thioether (sulfide) groups is 1. The van der Waals surface area contributed by atoms with Gasteiger partial charge in [-0.15, -0.1) is 23.1 Å². The molecule has 1 N–H and O–H groups in total. The first-order valence-corrected chi connectivity index (χ1v) is 10.1. The van der Waals surface area contributed by atoms with Crippen LogP contribution in [-0.2, 0) is 0 Å². The Morgan fingerprint density at radius 1 is 1.23 bits per heavy atom. The summed E-state index contributed by atoms with van der Waals surface area (Å²) >= 11 is 9.06. The number of anilines is 1. The largest absolute Gasteiger partial charge is 0.454 e. The zero-order valence-electron chi connectivity index (χ0n) is 13.6. The highest BCUT2D eigenvalue weighted by Crippen LogP contribution is 2.36. The summed E-state index contributed by atoms with van der Waals surface area (Å²) in [7, 11) is 0. The Morgan fingerprint density at radius 3 is 2.92 bits per heavy atom. The van der Waals surface area contributed by atoms with Gasteiger partial charge in [0.25, 0.3) is 5.91 Å². The predicted molar refractivity (Wildman–Crippen MR) is 105 cm³/mol. The van der Waals surface area contributed by atoms with E-state index in [1.165, 1.54) is 11.3 Å². The van der Waals surface area contributed by atoms with Gasteiger partial charge in [-0.05, 0) is 42.7 Å². The third kappa shape index (κ3) is 3.38. The van der Waals surface area contributed by atoms with Crippen LogP contribution in [0.15, 0.2) is 46.7 Å². The van der Waals surface area contributed by atoms with Crippen molar-refractivity contribution < 1.29 is 14.3 Å². The molecule has 3 aromatic rings. The van der Waals surface area contributed by atoms with E-state index in [1.54, 1.807) is 23.9 Å². The summed E-state index contributed by atoms with van der Waals surface area (Å²) in [4.78, 5) is 18.0. The lowest BCUT2D eigenvalue weighted by atomic mass is 10.1. The van der Waals surface area contributed by atoms with Crippen molar-refractivity contribution in [3.63, 3.8) is 0 Å². The highest BCUT2D eigenvalue weighted by Gasteiger charge is 2.17. The molecule has 0 radical (unpaired) electrons. The standard InChI is InChI=1S/C18H13ClN2O3S2/c1-25-11-3-4-13(19)12(7-11)17(22)21-18-20-14(8-26-18)10-2-5-15-16(6-10)24-9-23-15/h2-8H,9H2,1H3,(H,20,21,22). The number of rotatable bonds is 4. The van der Waals surface area contributed by atoms with Crippen LogP contribution < -0.4 is 14.8 Å². The van der Waals surface area contributed by atoms with Crippen LogP contribution in [0.2, 0.25) is 5.02 Å². The van der Waals surface area contributed by atoms with E-state index < -0.39 is 0 Å². The van der Waals surface area contributed by atoms with Crippen LogP contribution in [0.3, 0.4) is 0 Å². The van der Waals surface area contributed by atoms with Gasteiger partial charge in [0, 0.05) is 15.8 Å². The Morgan fingerprint density at radius 2 is 2.08 bits per heavy atom. The molecule has 0 spiro atoms. The molecule has 0 bridgehead atoms. The van der Waals surface area contributed by atoms with Gasteiger partial charge in [-0.25, -0.2) is 4.98 Å². The molecule has 1 aliphatic rings. The van der Waals surface area contributed by atoms with E-state index in [0.29, 0.717) is 21.5 Å². The van der Waals surface area contributed by atoms with Crippen molar-refractivity contribution in [3.05, 3.63) is 52.4 Å². The maximum atomic E-state index is 12.5. The molecule has 2 heterocycles. The number of halogens is 1. The first-order valence-electron chi connectivity index (χ1n) is 7.64. The number of carbonyl (C=O) groups excluding carboxylic acids is 1. The van der Waals surface area contributed by atoms with E-state index in [1.807, 2.05) is 35.9 Å². The van der Waals surface area contributed by atoms with Crippen LogP contribution in [0.5, 0.6) is 11.5 Å². The van der Waals surface area contributed by atoms with E-state index in [4.69, 9.17) is 21.1 Å². The minimum absolute atomic E-state index is 0.229. The first-order chi connectivity index (χ1) is 12.6. The van der Waals surface area contributed by atoms with Gasteiger partial charge in [0.15, 0.2) is 16.6 Å². The Bertz CT molecular complexity index is 990. The number of ether oxygens (including phenoxy) is 2. The van der Waals surface area contributed by atoms with Gasteiger partial charge in [-0.2, -0.15) is 0 Å². The van der Waals surface area contributed by atoms with Gasteiger partial charge in [-0.1, -0.05) is 11.6 Å². The molecule has 1 aromatic heterocycles. The summed E-state index contributed by atoms with van der Waals surface area (Å²) < 4.78 is 10.7. The lowest BCUT2D eigenvalue weighted by Crippen LogP contribution is -2.12. The van der Waals surface area contributed by atoms with Crippen molar-refractivity contribution in [2.24, 2.45) is 0 Å². The van der Waals surface area contributed by atoms with Crippen LogP contribution in [0.4, 0.5) is 5.13 Å². The zero-order valence-corrected chi connectivity index (χ0v) is 16.0. The molecule has 26 heavy (non-hydrogen) atoms. The molecule has 2 aromatic carbocycles. The molecule has 1 aliphatic heterocycles. The predicted octanol–water partition coefficient (Wildman–Crippen LogP) is 5.17. The number of fused-ring (bicyclic) bond motifs is 1. The van der Waals surface area contributed by atoms with Crippen LogP contribution in [0, 0.1) is 0 Å². The van der Waals surface area contributed by atoms with Crippen molar-refractivity contribution in [3.8, 4) is 22.8 Å². The lowest BCUT2D eigenvalue weighted by molar-refractivity contribution is 0.102. The third-order valence-corrected chi connectivity index (χ3v) is 5.62. The van der Waals surface area contributed by atoms with Gasteiger partial charge < -0.3 is 9.47 Å². The van der Waals surface area contributed by atoms with Gasteiger partial charge >= 0.3 is 0 Å². The Hall–Kier alpha value is -2.22. The molecule has 0 atom stereocenters. The van der Waals surface area contributed by atoms with Crippen LogP contribution in [0.25, 0.3) is 11.3 Å². The van der Waals surface area contributed by atoms with Crippen LogP contribution in [0.1, 0.15) is 10.4 Å². The molecule has 0 saturated carbocycles. The molecule has 4 rings (SSSR count). The third-order valence-electron chi connectivity index (χ3n) is 3.81. The number of nitrogens with zero attached hydrogens (tertiary/aromatic N) is 1.